The number of methoxy groups -OCH3 is 1. The van der Waals surface area contributed by atoms with E-state index >= 15 is 0 Å². The molecule has 4 heterocycles. The van der Waals surface area contributed by atoms with Gasteiger partial charge in [-0.15, -0.1) is 0 Å². The second-order valence-electron chi connectivity index (χ2n) is 11.9. The average molecular weight is 573 g/mol. The highest BCUT2D eigenvalue weighted by Gasteiger charge is 2.33. The van der Waals surface area contributed by atoms with Gasteiger partial charge in [-0.05, 0) is 73.6 Å². The molecule has 0 amide bonds. The lowest BCUT2D eigenvalue weighted by atomic mass is 9.80. The first-order chi connectivity index (χ1) is 21.1. The number of ether oxygens (including phenoxy) is 1. The smallest absolute Gasteiger partial charge is 0.308 e. The van der Waals surface area contributed by atoms with Crippen LogP contribution in [0.2, 0.25) is 0 Å². The molecule has 2 fully saturated rings. The van der Waals surface area contributed by atoms with Crippen molar-refractivity contribution in [1.82, 2.24) is 24.4 Å². The van der Waals surface area contributed by atoms with Gasteiger partial charge in [0.2, 0.25) is 0 Å². The Kier molecular flexibility index (Phi) is 7.37. The number of pyridine rings is 2. The molecular formula is C35H36N6O2. The van der Waals surface area contributed by atoms with Crippen molar-refractivity contribution in [3.05, 3.63) is 90.6 Å². The van der Waals surface area contributed by atoms with E-state index in [-0.39, 0.29) is 11.9 Å². The summed E-state index contributed by atoms with van der Waals surface area (Å²) in [5.41, 5.74) is 13.0. The second kappa shape index (κ2) is 11.6. The SMILES string of the molecule is COC(=O)[C@H]1CC[C@H](CN2CC(c3ccc(-n4c(-c5cccnc5N)nc5ccc(-c6ccccc6)nc54)cc3)C2)CC1. The molecular weight excluding hydrogens is 536 g/mol. The number of imidazole rings is 1. The van der Waals surface area contributed by atoms with Gasteiger partial charge in [-0.1, -0.05) is 42.5 Å². The van der Waals surface area contributed by atoms with Crippen LogP contribution in [0.15, 0.2) is 85.1 Å². The third-order valence-electron chi connectivity index (χ3n) is 9.13. The van der Waals surface area contributed by atoms with Crippen molar-refractivity contribution in [1.29, 1.82) is 0 Å². The highest BCUT2D eigenvalue weighted by Crippen LogP contribution is 2.35. The largest absolute Gasteiger partial charge is 0.469 e. The van der Waals surface area contributed by atoms with Crippen LogP contribution >= 0.6 is 0 Å². The first-order valence-corrected chi connectivity index (χ1v) is 15.1. The zero-order valence-electron chi connectivity index (χ0n) is 24.4. The number of esters is 1. The topological polar surface area (TPSA) is 99.2 Å². The van der Waals surface area contributed by atoms with Crippen LogP contribution < -0.4 is 5.73 Å². The number of hydrogen-bond acceptors (Lipinski definition) is 7. The van der Waals surface area contributed by atoms with E-state index in [1.54, 1.807) is 6.20 Å². The molecule has 218 valence electrons. The number of nitrogen functional groups attached to an aromatic ring is 1. The minimum atomic E-state index is -0.0435. The molecule has 43 heavy (non-hydrogen) atoms. The number of aromatic nitrogens is 4. The van der Waals surface area contributed by atoms with Crippen molar-refractivity contribution in [2.24, 2.45) is 11.8 Å². The van der Waals surface area contributed by atoms with Gasteiger partial charge in [0.1, 0.15) is 11.3 Å². The van der Waals surface area contributed by atoms with Crippen LogP contribution in [-0.4, -0.2) is 57.1 Å². The van der Waals surface area contributed by atoms with E-state index in [2.05, 4.69) is 50.8 Å². The van der Waals surface area contributed by atoms with Crippen LogP contribution in [0.1, 0.15) is 37.2 Å². The number of rotatable bonds is 7. The monoisotopic (exact) mass is 572 g/mol. The summed E-state index contributed by atoms with van der Waals surface area (Å²) in [5, 5.41) is 0. The number of carbonyl (C=O) groups is 1. The van der Waals surface area contributed by atoms with Gasteiger partial charge in [-0.2, -0.15) is 0 Å². The Hall–Kier alpha value is -4.56. The van der Waals surface area contributed by atoms with Crippen LogP contribution in [0.5, 0.6) is 0 Å². The van der Waals surface area contributed by atoms with E-state index in [0.29, 0.717) is 17.7 Å². The standard InChI is InChI=1S/C35H36N6O2/c1-43-35(42)26-11-9-23(10-12-26)20-40-21-27(22-40)24-13-15-28(16-14-24)41-33(29-8-5-19-37-32(29)36)39-31-18-17-30(38-34(31)41)25-6-3-2-4-7-25/h2-8,13-19,23,26-27H,9-12,20-22H2,1H3,(H2,36,37)/t23-,26-. The average Bonchev–Trinajstić information content (AvgIpc) is 3.42. The molecule has 3 aromatic heterocycles. The Bertz CT molecular complexity index is 1740. The molecule has 2 N–H and O–H groups in total. The van der Waals surface area contributed by atoms with E-state index in [0.717, 1.165) is 84.8 Å². The summed E-state index contributed by atoms with van der Waals surface area (Å²) < 4.78 is 7.04. The summed E-state index contributed by atoms with van der Waals surface area (Å²) in [6.07, 6.45) is 5.82. The Labute approximate surface area is 251 Å². The third kappa shape index (κ3) is 5.39. The number of anilines is 1. The number of benzene rings is 2. The van der Waals surface area contributed by atoms with Gasteiger partial charge < -0.3 is 15.4 Å². The minimum Gasteiger partial charge on any atom is -0.469 e. The molecule has 7 rings (SSSR count). The number of fused-ring (bicyclic) bond motifs is 1. The molecule has 8 heteroatoms. The van der Waals surface area contributed by atoms with Crippen molar-refractivity contribution in [2.45, 2.75) is 31.6 Å². The van der Waals surface area contributed by atoms with Crippen LogP contribution in [0.4, 0.5) is 5.82 Å². The molecule has 0 unspecified atom stereocenters. The Morgan fingerprint density at radius 3 is 2.40 bits per heavy atom. The van der Waals surface area contributed by atoms with E-state index in [1.807, 2.05) is 42.5 Å². The summed E-state index contributed by atoms with van der Waals surface area (Å²) in [5.74, 6) is 2.40. The van der Waals surface area contributed by atoms with Gasteiger partial charge >= 0.3 is 5.97 Å². The van der Waals surface area contributed by atoms with E-state index in [4.69, 9.17) is 20.4 Å². The first kappa shape index (κ1) is 27.3. The van der Waals surface area contributed by atoms with Crippen molar-refractivity contribution < 1.29 is 9.53 Å². The van der Waals surface area contributed by atoms with Crippen LogP contribution in [0.3, 0.4) is 0 Å². The van der Waals surface area contributed by atoms with Crippen LogP contribution in [0, 0.1) is 11.8 Å². The van der Waals surface area contributed by atoms with Crippen molar-refractivity contribution in [2.75, 3.05) is 32.5 Å². The normalized spacial score (nSPS) is 19.3. The predicted molar refractivity (Wildman–Crippen MR) is 169 cm³/mol. The summed E-state index contributed by atoms with van der Waals surface area (Å²) in [6.45, 7) is 3.27. The lowest BCUT2D eigenvalue weighted by Crippen LogP contribution is -2.47. The molecule has 2 aromatic carbocycles. The fraction of sp³-hybridized carbons (Fsp3) is 0.314. The summed E-state index contributed by atoms with van der Waals surface area (Å²) in [6, 6.07) is 26.9. The van der Waals surface area contributed by atoms with Gasteiger partial charge in [0.15, 0.2) is 11.5 Å². The highest BCUT2D eigenvalue weighted by atomic mass is 16.5. The molecule has 0 spiro atoms. The van der Waals surface area contributed by atoms with E-state index in [9.17, 15) is 4.79 Å². The van der Waals surface area contributed by atoms with Gasteiger partial charge in [-0.25, -0.2) is 15.0 Å². The second-order valence-corrected chi connectivity index (χ2v) is 11.9. The van der Waals surface area contributed by atoms with Gasteiger partial charge in [-0.3, -0.25) is 9.36 Å². The van der Waals surface area contributed by atoms with Gasteiger partial charge in [0.25, 0.3) is 0 Å². The molecule has 0 bridgehead atoms. The maximum Gasteiger partial charge on any atom is 0.308 e. The zero-order chi connectivity index (χ0) is 29.3. The molecule has 2 aliphatic rings. The molecule has 0 radical (unpaired) electrons. The lowest BCUT2D eigenvalue weighted by molar-refractivity contribution is -0.146. The number of hydrogen-bond donors (Lipinski definition) is 1. The molecule has 1 aliphatic carbocycles. The number of likely N-dealkylation sites (tertiary alicyclic amines) is 1. The minimum absolute atomic E-state index is 0.0435. The van der Waals surface area contributed by atoms with Gasteiger partial charge in [0, 0.05) is 43.0 Å². The fourth-order valence-electron chi connectivity index (χ4n) is 6.70. The summed E-state index contributed by atoms with van der Waals surface area (Å²) in [4.78, 5) is 28.8. The maximum absolute atomic E-state index is 11.9. The Morgan fingerprint density at radius 2 is 1.67 bits per heavy atom. The molecule has 8 nitrogen and oxygen atoms in total. The summed E-state index contributed by atoms with van der Waals surface area (Å²) >= 11 is 0. The number of carbonyl (C=O) groups excluding carboxylic acids is 1. The zero-order valence-corrected chi connectivity index (χ0v) is 24.4. The van der Waals surface area contributed by atoms with Crippen LogP contribution in [0.25, 0.3) is 39.5 Å². The number of nitrogens with zero attached hydrogens (tertiary/aromatic N) is 5. The van der Waals surface area contributed by atoms with Crippen molar-refractivity contribution in [3.63, 3.8) is 0 Å². The van der Waals surface area contributed by atoms with Gasteiger partial charge in [0.05, 0.1) is 24.3 Å². The van der Waals surface area contributed by atoms with E-state index < -0.39 is 0 Å². The molecule has 0 atom stereocenters. The maximum atomic E-state index is 11.9. The molecule has 1 aliphatic heterocycles. The first-order valence-electron chi connectivity index (χ1n) is 15.1. The highest BCUT2D eigenvalue weighted by molar-refractivity contribution is 5.84. The number of nitrogens with two attached hydrogens (primary N) is 1. The molecule has 1 saturated carbocycles. The predicted octanol–water partition coefficient (Wildman–Crippen LogP) is 6.11. The Balaban J connectivity index is 1.12. The van der Waals surface area contributed by atoms with Crippen molar-refractivity contribution in [3.8, 4) is 28.3 Å². The van der Waals surface area contributed by atoms with E-state index in [1.165, 1.54) is 12.7 Å². The molecule has 5 aromatic rings. The quantitative estimate of drug-likeness (QED) is 0.235. The van der Waals surface area contributed by atoms with Crippen molar-refractivity contribution >= 4 is 23.0 Å². The summed E-state index contributed by atoms with van der Waals surface area (Å²) in [7, 11) is 1.49. The fourth-order valence-corrected chi connectivity index (χ4v) is 6.70. The molecule has 1 saturated heterocycles. The Morgan fingerprint density at radius 1 is 0.907 bits per heavy atom. The van der Waals surface area contributed by atoms with Crippen LogP contribution in [-0.2, 0) is 9.53 Å². The third-order valence-corrected chi connectivity index (χ3v) is 9.13. The lowest BCUT2D eigenvalue weighted by Gasteiger charge is -2.42.